The van der Waals surface area contributed by atoms with Crippen LogP contribution < -0.4 is 15.0 Å². The van der Waals surface area contributed by atoms with Crippen LogP contribution in [-0.2, 0) is 4.79 Å². The Morgan fingerprint density at radius 1 is 1.12 bits per heavy atom. The van der Waals surface area contributed by atoms with Gasteiger partial charge in [-0.15, -0.1) is 0 Å². The first-order valence-electron chi connectivity index (χ1n) is 8.87. The predicted molar refractivity (Wildman–Crippen MR) is 104 cm³/mol. The lowest BCUT2D eigenvalue weighted by molar-refractivity contribution is -0.918. The monoisotopic (exact) mass is 393 g/mol. The van der Waals surface area contributed by atoms with E-state index in [-0.39, 0.29) is 18.6 Å². The minimum atomic E-state index is -0.157. The average molecular weight is 394 g/mol. The highest BCUT2D eigenvalue weighted by Gasteiger charge is 2.27. The first-order valence-corrected chi connectivity index (χ1v) is 9.63. The Labute approximate surface area is 164 Å². The van der Waals surface area contributed by atoms with Crippen molar-refractivity contribution < 1.29 is 14.4 Å². The van der Waals surface area contributed by atoms with Crippen molar-refractivity contribution in [1.82, 2.24) is 5.32 Å². The van der Waals surface area contributed by atoms with Crippen molar-refractivity contribution >= 4 is 29.1 Å². The van der Waals surface area contributed by atoms with Gasteiger partial charge in [-0.25, -0.2) is 0 Å². The number of ether oxygens (including phenoxy) is 1. The van der Waals surface area contributed by atoms with E-state index in [1.807, 2.05) is 18.2 Å². The van der Waals surface area contributed by atoms with Gasteiger partial charge >= 0.3 is 0 Å². The topological polar surface area (TPSA) is 42.8 Å². The summed E-state index contributed by atoms with van der Waals surface area (Å²) in [6.45, 7) is 2.81. The van der Waals surface area contributed by atoms with Crippen molar-refractivity contribution in [2.24, 2.45) is 0 Å². The number of amides is 1. The smallest absolute Gasteiger partial charge is 0.258 e. The Morgan fingerprint density at radius 2 is 1.85 bits per heavy atom. The minimum absolute atomic E-state index is 0.0712. The molecule has 2 aromatic carbocycles. The van der Waals surface area contributed by atoms with Gasteiger partial charge in [-0.3, -0.25) is 4.79 Å². The highest BCUT2D eigenvalue weighted by atomic mass is 35.5. The van der Waals surface area contributed by atoms with E-state index in [1.165, 1.54) is 23.3 Å². The van der Waals surface area contributed by atoms with Crippen molar-refractivity contribution in [3.63, 3.8) is 0 Å². The molecular formula is C20H23Cl2N2O2+. The lowest BCUT2D eigenvalue weighted by atomic mass is 10.1. The molecule has 0 aromatic heterocycles. The van der Waals surface area contributed by atoms with Crippen LogP contribution in [0.2, 0.25) is 10.0 Å². The Bertz CT molecular complexity index is 734. The molecule has 1 heterocycles. The van der Waals surface area contributed by atoms with Crippen LogP contribution in [0, 0.1) is 0 Å². The molecule has 6 heteroatoms. The molecule has 138 valence electrons. The molecule has 0 spiro atoms. The zero-order chi connectivity index (χ0) is 18.4. The van der Waals surface area contributed by atoms with Gasteiger partial charge in [-0.1, -0.05) is 53.5 Å². The van der Waals surface area contributed by atoms with Crippen LogP contribution in [0.15, 0.2) is 48.5 Å². The van der Waals surface area contributed by atoms with E-state index in [9.17, 15) is 4.79 Å². The number of hydrogen-bond acceptors (Lipinski definition) is 2. The van der Waals surface area contributed by atoms with E-state index in [0.29, 0.717) is 22.3 Å². The number of rotatable bonds is 7. The normalized spacial score (nSPS) is 15.6. The van der Waals surface area contributed by atoms with Gasteiger partial charge in [0.25, 0.3) is 5.91 Å². The lowest BCUT2D eigenvalue weighted by Crippen LogP contribution is -3.11. The fourth-order valence-electron chi connectivity index (χ4n) is 3.36. The average Bonchev–Trinajstić information content (AvgIpc) is 3.16. The van der Waals surface area contributed by atoms with Gasteiger partial charge < -0.3 is 15.0 Å². The Kier molecular flexibility index (Phi) is 6.78. The van der Waals surface area contributed by atoms with E-state index < -0.39 is 0 Å². The summed E-state index contributed by atoms with van der Waals surface area (Å²) in [5, 5.41) is 3.94. The predicted octanol–water partition coefficient (Wildman–Crippen LogP) is 2.91. The molecule has 4 nitrogen and oxygen atoms in total. The first kappa shape index (κ1) is 19.0. The highest BCUT2D eigenvalue weighted by Crippen LogP contribution is 2.27. The number of benzene rings is 2. The van der Waals surface area contributed by atoms with Crippen LogP contribution in [-0.4, -0.2) is 32.1 Å². The van der Waals surface area contributed by atoms with Crippen LogP contribution >= 0.6 is 23.2 Å². The number of carbonyl (C=O) groups excluding carboxylic acids is 1. The zero-order valence-electron chi connectivity index (χ0n) is 14.5. The van der Waals surface area contributed by atoms with E-state index >= 15 is 0 Å². The molecule has 1 saturated heterocycles. The van der Waals surface area contributed by atoms with Crippen LogP contribution in [0.3, 0.4) is 0 Å². The Morgan fingerprint density at radius 3 is 2.54 bits per heavy atom. The molecule has 3 rings (SSSR count). The van der Waals surface area contributed by atoms with Crippen LogP contribution in [0.5, 0.6) is 5.75 Å². The van der Waals surface area contributed by atoms with Crippen molar-refractivity contribution in [3.8, 4) is 5.75 Å². The molecule has 0 unspecified atom stereocenters. The van der Waals surface area contributed by atoms with Crippen molar-refractivity contribution in [3.05, 3.63) is 64.1 Å². The summed E-state index contributed by atoms with van der Waals surface area (Å²) in [6, 6.07) is 15.6. The number of quaternary nitrogens is 1. The Hall–Kier alpha value is -1.75. The van der Waals surface area contributed by atoms with Gasteiger partial charge in [-0.05, 0) is 18.2 Å². The largest absolute Gasteiger partial charge is 0.482 e. The second kappa shape index (κ2) is 9.26. The van der Waals surface area contributed by atoms with Crippen molar-refractivity contribution in [2.45, 2.75) is 18.9 Å². The maximum Gasteiger partial charge on any atom is 0.258 e. The van der Waals surface area contributed by atoms with E-state index in [0.717, 1.165) is 13.1 Å². The molecule has 0 aliphatic carbocycles. The van der Waals surface area contributed by atoms with Gasteiger partial charge in [0.2, 0.25) is 0 Å². The van der Waals surface area contributed by atoms with Gasteiger partial charge in [0.15, 0.2) is 6.61 Å². The standard InChI is InChI=1S/C20H22Cl2N2O2/c21-16-8-9-19(17(22)12-16)26-14-20(25)23-13-18(24-10-4-5-11-24)15-6-2-1-3-7-15/h1-3,6-9,12,18H,4-5,10-11,13-14H2,(H,23,25)/p+1/t18-/m1/s1. The summed E-state index contributed by atoms with van der Waals surface area (Å²) < 4.78 is 5.51. The van der Waals surface area contributed by atoms with E-state index in [1.54, 1.807) is 18.2 Å². The third-order valence-electron chi connectivity index (χ3n) is 4.70. The van der Waals surface area contributed by atoms with Crippen molar-refractivity contribution in [1.29, 1.82) is 0 Å². The summed E-state index contributed by atoms with van der Waals surface area (Å²) in [6.07, 6.45) is 2.48. The lowest BCUT2D eigenvalue weighted by Gasteiger charge is -2.25. The number of halogens is 2. The van der Waals surface area contributed by atoms with E-state index in [2.05, 4.69) is 17.4 Å². The van der Waals surface area contributed by atoms with Gasteiger partial charge in [0, 0.05) is 23.4 Å². The molecule has 0 radical (unpaired) electrons. The first-order chi connectivity index (χ1) is 12.6. The van der Waals surface area contributed by atoms with Gasteiger partial charge in [0.1, 0.15) is 11.8 Å². The second-order valence-electron chi connectivity index (χ2n) is 6.50. The number of hydrogen-bond donors (Lipinski definition) is 2. The van der Waals surface area contributed by atoms with Crippen molar-refractivity contribution in [2.75, 3.05) is 26.2 Å². The third-order valence-corrected chi connectivity index (χ3v) is 5.23. The molecule has 1 fully saturated rings. The third kappa shape index (κ3) is 5.13. The number of nitrogens with one attached hydrogen (secondary N) is 2. The summed E-state index contributed by atoms with van der Waals surface area (Å²) in [4.78, 5) is 13.8. The SMILES string of the molecule is O=C(COc1ccc(Cl)cc1Cl)NC[C@H](c1ccccc1)[NH+]1CCCC1. The Balaban J connectivity index is 1.55. The molecule has 1 aliphatic heterocycles. The molecule has 0 saturated carbocycles. The van der Waals surface area contributed by atoms with Crippen LogP contribution in [0.25, 0.3) is 0 Å². The summed E-state index contributed by atoms with van der Waals surface area (Å²) >= 11 is 11.9. The quantitative estimate of drug-likeness (QED) is 0.759. The molecule has 2 aromatic rings. The highest BCUT2D eigenvalue weighted by molar-refractivity contribution is 6.35. The molecule has 1 amide bonds. The zero-order valence-corrected chi connectivity index (χ0v) is 16.0. The van der Waals surface area contributed by atoms with Gasteiger partial charge in [0.05, 0.1) is 24.7 Å². The fourth-order valence-corrected chi connectivity index (χ4v) is 3.83. The number of carbonyl (C=O) groups is 1. The molecule has 1 aliphatic rings. The molecule has 26 heavy (non-hydrogen) atoms. The number of likely N-dealkylation sites (tertiary alicyclic amines) is 1. The molecular weight excluding hydrogens is 371 g/mol. The fraction of sp³-hybridized carbons (Fsp3) is 0.350. The summed E-state index contributed by atoms with van der Waals surface area (Å²) in [5.74, 6) is 0.298. The molecule has 2 N–H and O–H groups in total. The maximum absolute atomic E-state index is 12.2. The van der Waals surface area contributed by atoms with E-state index in [4.69, 9.17) is 27.9 Å². The second-order valence-corrected chi connectivity index (χ2v) is 7.34. The minimum Gasteiger partial charge on any atom is -0.482 e. The van der Waals surface area contributed by atoms with Crippen LogP contribution in [0.1, 0.15) is 24.4 Å². The maximum atomic E-state index is 12.2. The summed E-state index contributed by atoms with van der Waals surface area (Å²) in [5.41, 5.74) is 1.26. The van der Waals surface area contributed by atoms with Crippen LogP contribution in [0.4, 0.5) is 0 Å². The summed E-state index contributed by atoms with van der Waals surface area (Å²) in [7, 11) is 0. The van der Waals surface area contributed by atoms with Gasteiger partial charge in [-0.2, -0.15) is 0 Å². The molecule has 1 atom stereocenters. The molecule has 0 bridgehead atoms.